The Balaban J connectivity index is 2.12. The van der Waals surface area contributed by atoms with Crippen molar-refractivity contribution < 1.29 is 13.9 Å². The van der Waals surface area contributed by atoms with E-state index in [-0.39, 0.29) is 11.7 Å². The van der Waals surface area contributed by atoms with Gasteiger partial charge >= 0.3 is 0 Å². The van der Waals surface area contributed by atoms with Gasteiger partial charge in [0, 0.05) is 25.2 Å². The van der Waals surface area contributed by atoms with Crippen molar-refractivity contribution in [2.75, 3.05) is 20.3 Å². The topological polar surface area (TPSA) is 56.1 Å². The number of nitrogens with zero attached hydrogens (tertiary/aromatic N) is 2. The van der Waals surface area contributed by atoms with Crippen LogP contribution in [0.15, 0.2) is 42.6 Å². The molecule has 0 saturated carbocycles. The highest BCUT2D eigenvalue weighted by molar-refractivity contribution is 6.30. The summed E-state index contributed by atoms with van der Waals surface area (Å²) in [4.78, 5) is 16.7. The molecule has 0 atom stereocenters. The summed E-state index contributed by atoms with van der Waals surface area (Å²) in [6.45, 7) is 0.777. The van der Waals surface area contributed by atoms with E-state index in [2.05, 4.69) is 10.3 Å². The van der Waals surface area contributed by atoms with Crippen molar-refractivity contribution in [2.45, 2.75) is 0 Å². The number of amides is 1. The number of benzene rings is 1. The van der Waals surface area contributed by atoms with Crippen LogP contribution in [0.1, 0.15) is 10.5 Å². The molecule has 0 aliphatic rings. The minimum absolute atomic E-state index is 0.291. The summed E-state index contributed by atoms with van der Waals surface area (Å²) in [7, 11) is 1.56. The van der Waals surface area contributed by atoms with Gasteiger partial charge in [-0.3, -0.25) is 9.36 Å². The van der Waals surface area contributed by atoms with Gasteiger partial charge in [0.05, 0.1) is 17.1 Å². The molecule has 3 rings (SSSR count). The van der Waals surface area contributed by atoms with Crippen LogP contribution < -0.4 is 5.32 Å². The Bertz CT molecular complexity index is 877. The lowest BCUT2D eigenvalue weighted by molar-refractivity contribution is 0.0930. The van der Waals surface area contributed by atoms with Gasteiger partial charge in [0.25, 0.3) is 5.91 Å². The first-order valence-corrected chi connectivity index (χ1v) is 7.68. The average Bonchev–Trinajstić information content (AvgIpc) is 2.94. The first-order chi connectivity index (χ1) is 11.6. The molecule has 0 aliphatic carbocycles. The molecule has 5 nitrogen and oxygen atoms in total. The van der Waals surface area contributed by atoms with E-state index in [1.165, 1.54) is 18.3 Å². The molecule has 0 unspecified atom stereocenters. The third-order valence-corrected chi connectivity index (χ3v) is 3.76. The van der Waals surface area contributed by atoms with Gasteiger partial charge in [-0.2, -0.15) is 0 Å². The molecule has 1 amide bonds. The summed E-state index contributed by atoms with van der Waals surface area (Å²) in [5.74, 6) is -0.195. The van der Waals surface area contributed by atoms with Crippen molar-refractivity contribution in [3.05, 3.63) is 59.1 Å². The van der Waals surface area contributed by atoms with Gasteiger partial charge in [0.1, 0.15) is 17.3 Å². The molecular weight excluding hydrogens is 333 g/mol. The Morgan fingerprint density at radius 3 is 2.88 bits per heavy atom. The zero-order valence-electron chi connectivity index (χ0n) is 12.9. The lowest BCUT2D eigenvalue weighted by Crippen LogP contribution is -2.28. The second-order valence-electron chi connectivity index (χ2n) is 5.15. The second kappa shape index (κ2) is 6.98. The molecule has 2 heterocycles. The quantitative estimate of drug-likeness (QED) is 0.721. The summed E-state index contributed by atoms with van der Waals surface area (Å²) in [5, 5.41) is 3.98. The number of rotatable bonds is 5. The largest absolute Gasteiger partial charge is 0.383 e. The predicted molar refractivity (Wildman–Crippen MR) is 90.2 cm³/mol. The summed E-state index contributed by atoms with van der Waals surface area (Å²) in [6, 6.07) is 9.41. The van der Waals surface area contributed by atoms with Gasteiger partial charge in [0.2, 0.25) is 0 Å². The number of hydrogen-bond acceptors (Lipinski definition) is 3. The predicted octanol–water partition coefficient (Wildman–Crippen LogP) is 3.19. The van der Waals surface area contributed by atoms with Crippen LogP contribution in [0.4, 0.5) is 4.39 Å². The molecule has 1 N–H and O–H groups in total. The fourth-order valence-electron chi connectivity index (χ4n) is 2.45. The molecule has 124 valence electrons. The normalized spacial score (nSPS) is 11.0. The average molecular weight is 348 g/mol. The molecule has 0 saturated heterocycles. The highest BCUT2D eigenvalue weighted by Gasteiger charge is 2.18. The smallest absolute Gasteiger partial charge is 0.268 e. The van der Waals surface area contributed by atoms with E-state index in [4.69, 9.17) is 16.3 Å². The maximum Gasteiger partial charge on any atom is 0.268 e. The molecule has 1 aromatic carbocycles. The number of methoxy groups -OCH3 is 1. The van der Waals surface area contributed by atoms with Gasteiger partial charge in [0.15, 0.2) is 0 Å². The minimum atomic E-state index is -0.387. The number of halogens is 2. The van der Waals surface area contributed by atoms with Crippen LogP contribution in [0.3, 0.4) is 0 Å². The van der Waals surface area contributed by atoms with Crippen molar-refractivity contribution in [2.24, 2.45) is 0 Å². The number of fused-ring (bicyclic) bond motifs is 1. The molecule has 0 bridgehead atoms. The molecule has 3 aromatic rings. The monoisotopic (exact) mass is 347 g/mol. The number of nitrogens with one attached hydrogen (secondary N) is 1. The van der Waals surface area contributed by atoms with Crippen LogP contribution in [0, 0.1) is 5.82 Å². The van der Waals surface area contributed by atoms with Crippen molar-refractivity contribution in [1.82, 2.24) is 14.9 Å². The molecule has 2 aromatic heterocycles. The number of hydrogen-bond donors (Lipinski definition) is 1. The van der Waals surface area contributed by atoms with Crippen molar-refractivity contribution >= 4 is 28.4 Å². The fourth-order valence-corrected chi connectivity index (χ4v) is 2.56. The second-order valence-corrected chi connectivity index (χ2v) is 5.59. The number of aromatic nitrogens is 2. The molecule has 7 heteroatoms. The van der Waals surface area contributed by atoms with E-state index in [1.54, 1.807) is 35.9 Å². The molecule has 24 heavy (non-hydrogen) atoms. The molecular formula is C17H15ClFN3O2. The van der Waals surface area contributed by atoms with Crippen molar-refractivity contribution in [3.8, 4) is 5.82 Å². The molecule has 0 aliphatic heterocycles. The third kappa shape index (κ3) is 3.25. The third-order valence-electron chi connectivity index (χ3n) is 3.53. The highest BCUT2D eigenvalue weighted by Crippen LogP contribution is 2.25. The maximum atomic E-state index is 13.7. The Morgan fingerprint density at radius 2 is 2.17 bits per heavy atom. The molecule has 0 fully saturated rings. The van der Waals surface area contributed by atoms with Crippen molar-refractivity contribution in [3.63, 3.8) is 0 Å². The van der Waals surface area contributed by atoms with Crippen molar-refractivity contribution in [1.29, 1.82) is 0 Å². The van der Waals surface area contributed by atoms with Gasteiger partial charge in [-0.1, -0.05) is 11.6 Å². The SMILES string of the molecule is COCCNC(=O)c1cc2ccc(F)cc2n1-c1ccc(Cl)cn1. The Hall–Kier alpha value is -2.44. The van der Waals surface area contributed by atoms with Crippen LogP contribution in [0.2, 0.25) is 5.02 Å². The van der Waals surface area contributed by atoms with Gasteiger partial charge in [-0.15, -0.1) is 0 Å². The summed E-state index contributed by atoms with van der Waals surface area (Å²) >= 11 is 5.88. The zero-order valence-corrected chi connectivity index (χ0v) is 13.7. The number of carbonyl (C=O) groups is 1. The highest BCUT2D eigenvalue weighted by atomic mass is 35.5. The minimum Gasteiger partial charge on any atom is -0.383 e. The summed E-state index contributed by atoms with van der Waals surface area (Å²) < 4.78 is 20.2. The molecule has 0 spiro atoms. The van der Waals surface area contributed by atoms with Gasteiger partial charge < -0.3 is 10.1 Å². The first-order valence-electron chi connectivity index (χ1n) is 7.30. The van der Waals surface area contributed by atoms with Gasteiger partial charge in [-0.25, -0.2) is 9.37 Å². The van der Waals surface area contributed by atoms with Crippen LogP contribution in [-0.4, -0.2) is 35.7 Å². The summed E-state index contributed by atoms with van der Waals surface area (Å²) in [5.41, 5.74) is 0.920. The Morgan fingerprint density at radius 1 is 1.33 bits per heavy atom. The van der Waals surface area contributed by atoms with Crippen LogP contribution >= 0.6 is 11.6 Å². The maximum absolute atomic E-state index is 13.7. The molecule has 0 radical (unpaired) electrons. The van der Waals surface area contributed by atoms with E-state index in [0.29, 0.717) is 35.2 Å². The van der Waals surface area contributed by atoms with E-state index < -0.39 is 0 Å². The zero-order chi connectivity index (χ0) is 17.1. The van der Waals surface area contributed by atoms with Crippen LogP contribution in [-0.2, 0) is 4.74 Å². The van der Waals surface area contributed by atoms with Crippen LogP contribution in [0.5, 0.6) is 0 Å². The number of ether oxygens (including phenoxy) is 1. The lowest BCUT2D eigenvalue weighted by atomic mass is 10.2. The van der Waals surface area contributed by atoms with Gasteiger partial charge in [-0.05, 0) is 36.4 Å². The van der Waals surface area contributed by atoms with E-state index in [1.807, 2.05) is 0 Å². The Labute approximate surface area is 143 Å². The van der Waals surface area contributed by atoms with E-state index in [9.17, 15) is 9.18 Å². The van der Waals surface area contributed by atoms with Crippen LogP contribution in [0.25, 0.3) is 16.7 Å². The fraction of sp³-hybridized carbons (Fsp3) is 0.176. The Kier molecular flexibility index (Phi) is 4.78. The number of pyridine rings is 1. The standard InChI is InChI=1S/C17H15ClFN3O2/c1-24-7-6-20-17(23)15-8-11-2-4-13(19)9-14(11)22(15)16-5-3-12(18)10-21-16/h2-5,8-10H,6-7H2,1H3,(H,20,23). The first kappa shape index (κ1) is 16.4. The van der Waals surface area contributed by atoms with E-state index in [0.717, 1.165) is 5.39 Å². The van der Waals surface area contributed by atoms with E-state index >= 15 is 0 Å². The number of carbonyl (C=O) groups excluding carboxylic acids is 1. The summed E-state index contributed by atoms with van der Waals surface area (Å²) in [6.07, 6.45) is 1.48. The lowest BCUT2D eigenvalue weighted by Gasteiger charge is -2.10.